The summed E-state index contributed by atoms with van der Waals surface area (Å²) in [6.07, 6.45) is -2.24. The number of nitrogens with two attached hydrogens (primary N) is 1. The van der Waals surface area contributed by atoms with Gasteiger partial charge in [0.2, 0.25) is 0 Å². The molecule has 0 spiro atoms. The molecule has 0 aromatic rings. The molecular weight excluding hydrogens is 207 g/mol. The van der Waals surface area contributed by atoms with Crippen molar-refractivity contribution in [1.29, 1.82) is 5.26 Å². The Hall–Kier alpha value is -0.800. The molecule has 0 heterocycles. The van der Waals surface area contributed by atoms with E-state index in [2.05, 4.69) is 0 Å². The van der Waals surface area contributed by atoms with Gasteiger partial charge >= 0.3 is 6.18 Å². The van der Waals surface area contributed by atoms with Crippen LogP contribution in [-0.2, 0) is 0 Å². The lowest BCUT2D eigenvalue weighted by atomic mass is 10.2. The van der Waals surface area contributed by atoms with Crippen LogP contribution in [0.15, 0.2) is 0 Å². The predicted octanol–water partition coefficient (Wildman–Crippen LogP) is 1.25. The van der Waals surface area contributed by atoms with Crippen molar-refractivity contribution in [2.45, 2.75) is 37.5 Å². The van der Waals surface area contributed by atoms with Crippen molar-refractivity contribution in [2.24, 2.45) is 5.73 Å². The van der Waals surface area contributed by atoms with Crippen molar-refractivity contribution in [2.75, 3.05) is 13.1 Å². The number of hydrogen-bond donors (Lipinski definition) is 1. The highest BCUT2D eigenvalue weighted by Gasteiger charge is 2.37. The smallest absolute Gasteiger partial charge is 0.316 e. The van der Waals surface area contributed by atoms with Crippen LogP contribution in [-0.4, -0.2) is 36.2 Å². The molecule has 1 aliphatic carbocycles. The molecule has 3 nitrogen and oxygen atoms in total. The average molecular weight is 221 g/mol. The molecule has 0 saturated heterocycles. The summed E-state index contributed by atoms with van der Waals surface area (Å²) in [7, 11) is 0. The first-order valence-electron chi connectivity index (χ1n) is 4.88. The van der Waals surface area contributed by atoms with Gasteiger partial charge in [-0.2, -0.15) is 18.4 Å². The second kappa shape index (κ2) is 4.81. The fourth-order valence-corrected chi connectivity index (χ4v) is 1.43. The minimum absolute atomic E-state index is 0.0394. The van der Waals surface area contributed by atoms with Gasteiger partial charge in [-0.3, -0.25) is 4.90 Å². The lowest BCUT2D eigenvalue weighted by Gasteiger charge is -2.23. The number of rotatable bonds is 5. The summed E-state index contributed by atoms with van der Waals surface area (Å²) in [5.41, 5.74) is 5.34. The quantitative estimate of drug-likeness (QED) is 0.760. The Morgan fingerprint density at radius 3 is 2.47 bits per heavy atom. The van der Waals surface area contributed by atoms with Crippen LogP contribution in [0.1, 0.15) is 19.3 Å². The van der Waals surface area contributed by atoms with Gasteiger partial charge in [0.05, 0.1) is 18.7 Å². The zero-order chi connectivity index (χ0) is 11.5. The second-order valence-corrected chi connectivity index (χ2v) is 3.84. The molecule has 1 aliphatic rings. The van der Waals surface area contributed by atoms with Crippen molar-refractivity contribution in [3.05, 3.63) is 0 Å². The average Bonchev–Trinajstić information content (AvgIpc) is 2.92. The molecule has 86 valence electrons. The normalized spacial score (nSPS) is 18.9. The highest BCUT2D eigenvalue weighted by atomic mass is 19.4. The lowest BCUT2D eigenvalue weighted by molar-refractivity contribution is -0.147. The van der Waals surface area contributed by atoms with Crippen molar-refractivity contribution < 1.29 is 13.2 Å². The zero-order valence-electron chi connectivity index (χ0n) is 8.30. The van der Waals surface area contributed by atoms with Crippen LogP contribution in [0.25, 0.3) is 0 Å². The van der Waals surface area contributed by atoms with Gasteiger partial charge in [0, 0.05) is 12.6 Å². The van der Waals surface area contributed by atoms with Crippen molar-refractivity contribution in [3.8, 4) is 6.07 Å². The SMILES string of the molecule is N#CC(N)CCN(CC(F)(F)F)C1CC1. The Labute approximate surface area is 86.6 Å². The van der Waals surface area contributed by atoms with Crippen LogP contribution >= 0.6 is 0 Å². The highest BCUT2D eigenvalue weighted by molar-refractivity contribution is 4.90. The maximum atomic E-state index is 12.2. The van der Waals surface area contributed by atoms with Gasteiger partial charge in [-0.1, -0.05) is 0 Å². The third kappa shape index (κ3) is 5.00. The summed E-state index contributed by atoms with van der Waals surface area (Å²) in [5, 5.41) is 8.42. The van der Waals surface area contributed by atoms with E-state index in [1.165, 1.54) is 4.90 Å². The van der Waals surface area contributed by atoms with E-state index >= 15 is 0 Å². The summed E-state index contributed by atoms with van der Waals surface area (Å²) < 4.78 is 36.5. The number of nitrogens with zero attached hydrogens (tertiary/aromatic N) is 2. The molecular formula is C9H14F3N3. The largest absolute Gasteiger partial charge is 0.401 e. The van der Waals surface area contributed by atoms with Gasteiger partial charge in [-0.05, 0) is 19.3 Å². The summed E-state index contributed by atoms with van der Waals surface area (Å²) in [6.45, 7) is -0.644. The topological polar surface area (TPSA) is 53.1 Å². The third-order valence-electron chi connectivity index (χ3n) is 2.34. The van der Waals surface area contributed by atoms with E-state index < -0.39 is 18.8 Å². The lowest BCUT2D eigenvalue weighted by Crippen LogP contribution is -2.38. The van der Waals surface area contributed by atoms with Crippen LogP contribution in [0.2, 0.25) is 0 Å². The molecule has 0 aliphatic heterocycles. The molecule has 1 fully saturated rings. The zero-order valence-corrected chi connectivity index (χ0v) is 8.30. The van der Waals surface area contributed by atoms with E-state index in [1.54, 1.807) is 0 Å². The monoisotopic (exact) mass is 221 g/mol. The molecule has 0 radical (unpaired) electrons. The van der Waals surface area contributed by atoms with Crippen LogP contribution < -0.4 is 5.73 Å². The Bertz CT molecular complexity index is 242. The Morgan fingerprint density at radius 1 is 1.47 bits per heavy atom. The van der Waals surface area contributed by atoms with Gasteiger partial charge in [0.15, 0.2) is 0 Å². The van der Waals surface area contributed by atoms with Crippen LogP contribution in [0.3, 0.4) is 0 Å². The minimum Gasteiger partial charge on any atom is -0.316 e. The number of alkyl halides is 3. The Morgan fingerprint density at radius 2 is 2.07 bits per heavy atom. The summed E-state index contributed by atoms with van der Waals surface area (Å²) in [6, 6.07) is 1.18. The summed E-state index contributed by atoms with van der Waals surface area (Å²) >= 11 is 0. The molecule has 0 bridgehead atoms. The highest BCUT2D eigenvalue weighted by Crippen LogP contribution is 2.30. The van der Waals surface area contributed by atoms with Gasteiger partial charge in [-0.15, -0.1) is 0 Å². The van der Waals surface area contributed by atoms with Crippen LogP contribution in [0.5, 0.6) is 0 Å². The van der Waals surface area contributed by atoms with Crippen molar-refractivity contribution in [1.82, 2.24) is 4.90 Å². The second-order valence-electron chi connectivity index (χ2n) is 3.84. The van der Waals surface area contributed by atoms with E-state index in [1.807, 2.05) is 6.07 Å². The molecule has 1 rings (SSSR count). The van der Waals surface area contributed by atoms with E-state index in [4.69, 9.17) is 11.0 Å². The third-order valence-corrected chi connectivity index (χ3v) is 2.34. The van der Waals surface area contributed by atoms with E-state index in [0.717, 1.165) is 12.8 Å². The first-order valence-corrected chi connectivity index (χ1v) is 4.88. The molecule has 6 heteroatoms. The molecule has 1 unspecified atom stereocenters. The molecule has 0 aromatic heterocycles. The fraction of sp³-hybridized carbons (Fsp3) is 0.889. The predicted molar refractivity (Wildman–Crippen MR) is 48.9 cm³/mol. The van der Waals surface area contributed by atoms with Gasteiger partial charge in [0.25, 0.3) is 0 Å². The molecule has 0 aromatic carbocycles. The van der Waals surface area contributed by atoms with Crippen LogP contribution in [0.4, 0.5) is 13.2 Å². The fourth-order valence-electron chi connectivity index (χ4n) is 1.43. The van der Waals surface area contributed by atoms with Gasteiger partial charge in [-0.25, -0.2) is 0 Å². The number of hydrogen-bond acceptors (Lipinski definition) is 3. The minimum atomic E-state index is -4.17. The van der Waals surface area contributed by atoms with Gasteiger partial charge < -0.3 is 5.73 Å². The molecule has 1 atom stereocenters. The van der Waals surface area contributed by atoms with Crippen LogP contribution in [0, 0.1) is 11.3 Å². The molecule has 1 saturated carbocycles. The molecule has 15 heavy (non-hydrogen) atoms. The standard InChI is InChI=1S/C9H14F3N3/c10-9(11,12)6-15(8-1-2-8)4-3-7(14)5-13/h7-8H,1-4,6,14H2. The summed E-state index contributed by atoms with van der Waals surface area (Å²) in [4.78, 5) is 1.37. The van der Waals surface area contributed by atoms with Gasteiger partial charge in [0.1, 0.15) is 0 Å². The van der Waals surface area contributed by atoms with E-state index in [0.29, 0.717) is 6.42 Å². The molecule has 2 N–H and O–H groups in total. The van der Waals surface area contributed by atoms with E-state index in [9.17, 15) is 13.2 Å². The summed E-state index contributed by atoms with van der Waals surface area (Å²) in [5.74, 6) is 0. The number of nitriles is 1. The molecule has 0 amide bonds. The first-order chi connectivity index (χ1) is 6.92. The maximum absolute atomic E-state index is 12.2. The Balaban J connectivity index is 2.35. The van der Waals surface area contributed by atoms with Crippen molar-refractivity contribution >= 4 is 0 Å². The van der Waals surface area contributed by atoms with Crippen molar-refractivity contribution in [3.63, 3.8) is 0 Å². The maximum Gasteiger partial charge on any atom is 0.401 e. The Kier molecular flexibility index (Phi) is 3.94. The number of halogens is 3. The first kappa shape index (κ1) is 12.3. The van der Waals surface area contributed by atoms with E-state index in [-0.39, 0.29) is 12.6 Å².